The Balaban J connectivity index is 1.60. The molecule has 0 amide bonds. The Bertz CT molecular complexity index is 1610. The van der Waals surface area contributed by atoms with E-state index in [2.05, 4.69) is 87.8 Å². The zero-order valence-electron chi connectivity index (χ0n) is 37.2. The van der Waals surface area contributed by atoms with Crippen LogP contribution in [0.3, 0.4) is 0 Å². The molecular weight excluding hydrogens is 773 g/mol. The highest BCUT2D eigenvalue weighted by molar-refractivity contribution is 7.91. The fourth-order valence-electron chi connectivity index (χ4n) is 7.86. The SMILES string of the molecule is C=C1C[C@H](/C=C/CO)O[C@H]1CC[C@H]1C[C@@H](C)C(=C)[C@@H](C[C@@H]2O[C@H](CC(CO[Si](C)(C)C(C)(C)C)O[Si](C)(C)C(C)(C)C)[C@H](OC)[C@H]2CS(=O)(=O)c2ccccc2)O1. The lowest BCUT2D eigenvalue weighted by Crippen LogP contribution is -2.49. The minimum atomic E-state index is -3.68. The first kappa shape index (κ1) is 48.2. The Labute approximate surface area is 348 Å². The highest BCUT2D eigenvalue weighted by Crippen LogP contribution is 2.44. The maximum atomic E-state index is 14.1. The summed E-state index contributed by atoms with van der Waals surface area (Å²) >= 11 is 0. The quantitative estimate of drug-likeness (QED) is 0.114. The van der Waals surface area contributed by atoms with E-state index in [9.17, 15) is 13.5 Å². The van der Waals surface area contributed by atoms with Crippen molar-refractivity contribution in [3.8, 4) is 0 Å². The minimum Gasteiger partial charge on any atom is -0.414 e. The average Bonchev–Trinajstić information content (AvgIpc) is 3.63. The normalized spacial score (nSPS) is 30.1. The number of aliphatic hydroxyl groups excluding tert-OH is 1. The van der Waals surface area contributed by atoms with Gasteiger partial charge in [-0.2, -0.15) is 0 Å². The van der Waals surface area contributed by atoms with E-state index in [1.165, 1.54) is 0 Å². The summed E-state index contributed by atoms with van der Waals surface area (Å²) in [6.07, 6.45) is 5.72. The van der Waals surface area contributed by atoms with Gasteiger partial charge in [0.2, 0.25) is 0 Å². The monoisotopic (exact) mass is 848 g/mol. The fourth-order valence-corrected chi connectivity index (χ4v) is 11.9. The molecule has 1 unspecified atom stereocenters. The highest BCUT2D eigenvalue weighted by Gasteiger charge is 2.50. The summed E-state index contributed by atoms with van der Waals surface area (Å²) in [7, 11) is -6.37. The zero-order chi connectivity index (χ0) is 42.6. The van der Waals surface area contributed by atoms with Gasteiger partial charge in [0, 0.05) is 32.3 Å². The summed E-state index contributed by atoms with van der Waals surface area (Å²) in [6, 6.07) is 8.67. The number of hydrogen-bond acceptors (Lipinski definition) is 9. The highest BCUT2D eigenvalue weighted by atomic mass is 32.2. The number of ether oxygens (including phenoxy) is 4. The Morgan fingerprint density at radius 3 is 2.18 bits per heavy atom. The molecule has 1 aromatic rings. The average molecular weight is 849 g/mol. The maximum absolute atomic E-state index is 14.1. The van der Waals surface area contributed by atoms with Crippen LogP contribution in [0.2, 0.25) is 36.3 Å². The number of hydrogen-bond donors (Lipinski definition) is 1. The molecular formula is C45H76O9SSi2. The third kappa shape index (κ3) is 12.5. The van der Waals surface area contributed by atoms with Crippen LogP contribution in [0, 0.1) is 11.8 Å². The fraction of sp³-hybridized carbons (Fsp3) is 0.733. The van der Waals surface area contributed by atoms with Gasteiger partial charge in [-0.05, 0) is 84.7 Å². The summed E-state index contributed by atoms with van der Waals surface area (Å²) in [5.74, 6) is -0.347. The van der Waals surface area contributed by atoms with Gasteiger partial charge in [-0.3, -0.25) is 0 Å². The lowest BCUT2D eigenvalue weighted by atomic mass is 9.83. The molecule has 0 aromatic heterocycles. The van der Waals surface area contributed by atoms with Crippen LogP contribution in [0.5, 0.6) is 0 Å². The second kappa shape index (κ2) is 19.5. The number of rotatable bonds is 18. The molecule has 3 saturated heterocycles. The van der Waals surface area contributed by atoms with Gasteiger partial charge < -0.3 is 32.9 Å². The topological polar surface area (TPSA) is 110 Å². The van der Waals surface area contributed by atoms with Crippen molar-refractivity contribution in [2.24, 2.45) is 11.8 Å². The molecule has 1 N–H and O–H groups in total. The van der Waals surface area contributed by atoms with Gasteiger partial charge in [0.05, 0.1) is 72.7 Å². The van der Waals surface area contributed by atoms with E-state index in [1.54, 1.807) is 37.5 Å². The molecule has 3 aliphatic heterocycles. The number of methoxy groups -OCH3 is 1. The molecule has 3 heterocycles. The third-order valence-corrected chi connectivity index (χ3v) is 24.4. The molecule has 1 aromatic carbocycles. The minimum absolute atomic E-state index is 0.0113. The Hall–Kier alpha value is -1.46. The molecule has 324 valence electrons. The van der Waals surface area contributed by atoms with Gasteiger partial charge in [-0.15, -0.1) is 0 Å². The maximum Gasteiger partial charge on any atom is 0.192 e. The standard InChI is InChI=1S/C45H76O9SSi2/c1-31-25-35(22-23-39-32(2)26-34(51-39)19-18-24-46)52-40(33(31)3)28-41-38(30-55(47,48)37-20-16-15-17-21-37)43(49-10)42(53-41)27-36(54-57(13,14)45(7,8)9)29-50-56(11,12)44(4,5)6/h15-21,31,34-36,38-43,46H,2-3,22-30H2,1,4-14H3/b19-18+/t31-,34+,35+,36?,38+,39+,40-,41+,42-,43-/m1/s1. The third-order valence-electron chi connectivity index (χ3n) is 13.5. The Morgan fingerprint density at radius 2 is 1.58 bits per heavy atom. The number of aliphatic hydroxyl groups is 1. The molecule has 3 fully saturated rings. The van der Waals surface area contributed by atoms with E-state index in [0.717, 1.165) is 36.8 Å². The van der Waals surface area contributed by atoms with Gasteiger partial charge in [0.1, 0.15) is 0 Å². The van der Waals surface area contributed by atoms with Gasteiger partial charge in [0.15, 0.2) is 26.5 Å². The van der Waals surface area contributed by atoms with Crippen molar-refractivity contribution >= 4 is 26.5 Å². The Morgan fingerprint density at radius 1 is 0.930 bits per heavy atom. The molecule has 0 radical (unpaired) electrons. The lowest BCUT2D eigenvalue weighted by molar-refractivity contribution is -0.0777. The summed E-state index contributed by atoms with van der Waals surface area (Å²) in [6.45, 7) is 33.9. The molecule has 3 aliphatic rings. The largest absolute Gasteiger partial charge is 0.414 e. The summed E-state index contributed by atoms with van der Waals surface area (Å²) in [5, 5.41) is 9.22. The molecule has 0 bridgehead atoms. The van der Waals surface area contributed by atoms with Crippen molar-refractivity contribution in [1.29, 1.82) is 0 Å². The van der Waals surface area contributed by atoms with Crippen LogP contribution in [0.1, 0.15) is 87.0 Å². The van der Waals surface area contributed by atoms with E-state index in [0.29, 0.717) is 24.3 Å². The lowest BCUT2D eigenvalue weighted by Gasteiger charge is -2.42. The van der Waals surface area contributed by atoms with Crippen LogP contribution in [0.15, 0.2) is 71.7 Å². The first-order valence-electron chi connectivity index (χ1n) is 21.1. The van der Waals surface area contributed by atoms with Crippen LogP contribution in [-0.4, -0.2) is 105 Å². The molecule has 0 spiro atoms. The molecule has 9 nitrogen and oxygen atoms in total. The Kier molecular flexibility index (Phi) is 16.5. The predicted molar refractivity (Wildman–Crippen MR) is 235 cm³/mol. The summed E-state index contributed by atoms with van der Waals surface area (Å²) < 4.78 is 68.5. The first-order chi connectivity index (χ1) is 26.4. The van der Waals surface area contributed by atoms with E-state index < -0.39 is 50.7 Å². The first-order valence-corrected chi connectivity index (χ1v) is 28.6. The van der Waals surface area contributed by atoms with E-state index in [1.807, 2.05) is 12.1 Å². The molecule has 57 heavy (non-hydrogen) atoms. The van der Waals surface area contributed by atoms with Gasteiger partial charge >= 0.3 is 0 Å². The van der Waals surface area contributed by atoms with E-state index in [-0.39, 0.29) is 58.9 Å². The van der Waals surface area contributed by atoms with Crippen LogP contribution in [0.4, 0.5) is 0 Å². The van der Waals surface area contributed by atoms with Crippen molar-refractivity contribution in [2.45, 2.75) is 177 Å². The van der Waals surface area contributed by atoms with Crippen molar-refractivity contribution in [3.63, 3.8) is 0 Å². The summed E-state index contributed by atoms with van der Waals surface area (Å²) in [5.41, 5.74) is 2.08. The predicted octanol–water partition coefficient (Wildman–Crippen LogP) is 9.44. The molecule has 4 rings (SSSR count). The van der Waals surface area contributed by atoms with Gasteiger partial charge in [0.25, 0.3) is 0 Å². The van der Waals surface area contributed by atoms with Crippen LogP contribution >= 0.6 is 0 Å². The number of benzene rings is 1. The molecule has 10 atom stereocenters. The van der Waals surface area contributed by atoms with Crippen molar-refractivity contribution in [1.82, 2.24) is 0 Å². The summed E-state index contributed by atoms with van der Waals surface area (Å²) in [4.78, 5) is 0.292. The van der Waals surface area contributed by atoms with Crippen molar-refractivity contribution < 1.29 is 41.3 Å². The van der Waals surface area contributed by atoms with E-state index >= 15 is 0 Å². The van der Waals surface area contributed by atoms with Crippen LogP contribution in [0.25, 0.3) is 0 Å². The second-order valence-corrected chi connectivity index (χ2v) is 31.5. The van der Waals surface area contributed by atoms with Crippen LogP contribution in [-0.2, 0) is 37.6 Å². The van der Waals surface area contributed by atoms with E-state index in [4.69, 9.17) is 27.8 Å². The van der Waals surface area contributed by atoms with Gasteiger partial charge in [-0.1, -0.05) is 92.0 Å². The van der Waals surface area contributed by atoms with Gasteiger partial charge in [-0.25, -0.2) is 8.42 Å². The number of sulfone groups is 1. The molecule has 0 aliphatic carbocycles. The van der Waals surface area contributed by atoms with Crippen molar-refractivity contribution in [3.05, 3.63) is 66.8 Å². The zero-order valence-corrected chi connectivity index (χ0v) is 40.0. The molecule has 0 saturated carbocycles. The van der Waals surface area contributed by atoms with Crippen molar-refractivity contribution in [2.75, 3.05) is 26.1 Å². The second-order valence-electron chi connectivity index (χ2n) is 19.9. The van der Waals surface area contributed by atoms with Crippen LogP contribution < -0.4 is 0 Å². The smallest absolute Gasteiger partial charge is 0.192 e. The molecule has 12 heteroatoms.